The summed E-state index contributed by atoms with van der Waals surface area (Å²) in [5.41, 5.74) is 3.60. The lowest BCUT2D eigenvalue weighted by Gasteiger charge is -2.50. The predicted octanol–water partition coefficient (Wildman–Crippen LogP) is 4.89. The van der Waals surface area contributed by atoms with Gasteiger partial charge in [0.1, 0.15) is 33.4 Å². The minimum atomic E-state index is -1.20. The highest BCUT2D eigenvalue weighted by Gasteiger charge is 2.47. The second kappa shape index (κ2) is 9.43. The van der Waals surface area contributed by atoms with Crippen LogP contribution in [0.5, 0.6) is 5.75 Å². The summed E-state index contributed by atoms with van der Waals surface area (Å²) in [6.07, 6.45) is 4.24. The van der Waals surface area contributed by atoms with Gasteiger partial charge in [0.05, 0.1) is 0 Å². The molecule has 3 aromatic rings. The van der Waals surface area contributed by atoms with Crippen molar-refractivity contribution < 1.29 is 13.3 Å². The fourth-order valence-electron chi connectivity index (χ4n) is 4.96. The standard InChI is InChI=1S/C25H27FN2O2S2/c26-20-5-1-4-19(16-20)25(10-3-11-25)24-22-17-21(8-7-18(22)9-12-27-24)30-14-13-28-32(29)23-6-2-15-31-23/h1-2,4-8,15-17,24,27-28H,3,9-14H2. The van der Waals surface area contributed by atoms with Crippen molar-refractivity contribution in [3.05, 3.63) is 82.5 Å². The van der Waals surface area contributed by atoms with Gasteiger partial charge in [-0.1, -0.05) is 30.7 Å². The number of benzene rings is 2. The van der Waals surface area contributed by atoms with Crippen molar-refractivity contribution in [3.63, 3.8) is 0 Å². The summed E-state index contributed by atoms with van der Waals surface area (Å²) in [5.74, 6) is 0.643. The van der Waals surface area contributed by atoms with E-state index in [9.17, 15) is 8.60 Å². The second-order valence-electron chi connectivity index (χ2n) is 8.46. The Bertz CT molecular complexity index is 1100. The molecule has 0 bridgehead atoms. The van der Waals surface area contributed by atoms with E-state index in [0.29, 0.717) is 13.2 Å². The van der Waals surface area contributed by atoms with Crippen molar-refractivity contribution in [2.45, 2.75) is 41.3 Å². The number of hydrogen-bond acceptors (Lipinski definition) is 4. The van der Waals surface area contributed by atoms with Gasteiger partial charge in [-0.3, -0.25) is 0 Å². The largest absolute Gasteiger partial charge is 0.492 e. The molecule has 7 heteroatoms. The molecule has 2 N–H and O–H groups in total. The third-order valence-corrected chi connectivity index (χ3v) is 9.02. The van der Waals surface area contributed by atoms with Gasteiger partial charge in [-0.15, -0.1) is 11.3 Å². The van der Waals surface area contributed by atoms with E-state index in [-0.39, 0.29) is 17.3 Å². The molecule has 2 aromatic carbocycles. The molecule has 1 aliphatic carbocycles. The van der Waals surface area contributed by atoms with Crippen LogP contribution in [-0.4, -0.2) is 23.9 Å². The lowest BCUT2D eigenvalue weighted by molar-refractivity contribution is 0.164. The van der Waals surface area contributed by atoms with Gasteiger partial charge in [0, 0.05) is 18.0 Å². The second-order valence-corrected chi connectivity index (χ2v) is 10.9. The number of hydrogen-bond donors (Lipinski definition) is 2. The highest BCUT2D eigenvalue weighted by Crippen LogP contribution is 2.53. The number of halogens is 1. The van der Waals surface area contributed by atoms with Crippen LogP contribution in [0.15, 0.2) is 64.2 Å². The molecule has 1 aromatic heterocycles. The van der Waals surface area contributed by atoms with Gasteiger partial charge < -0.3 is 10.1 Å². The highest BCUT2D eigenvalue weighted by atomic mass is 32.2. The van der Waals surface area contributed by atoms with Crippen LogP contribution in [0.25, 0.3) is 0 Å². The molecule has 168 valence electrons. The third-order valence-electron chi connectivity index (χ3n) is 6.65. The zero-order chi connectivity index (χ0) is 22.0. The molecule has 0 radical (unpaired) electrons. The monoisotopic (exact) mass is 470 g/mol. The number of fused-ring (bicyclic) bond motifs is 1. The van der Waals surface area contributed by atoms with Crippen LogP contribution >= 0.6 is 11.3 Å². The maximum Gasteiger partial charge on any atom is 0.135 e. The normalized spacial score (nSPS) is 20.2. The molecule has 1 fully saturated rings. The van der Waals surface area contributed by atoms with Crippen molar-refractivity contribution in [2.24, 2.45) is 0 Å². The molecule has 0 spiro atoms. The van der Waals surface area contributed by atoms with Crippen LogP contribution < -0.4 is 14.8 Å². The molecule has 2 unspecified atom stereocenters. The molecule has 32 heavy (non-hydrogen) atoms. The molecule has 1 saturated carbocycles. The molecule has 5 rings (SSSR count). The van der Waals surface area contributed by atoms with E-state index < -0.39 is 11.0 Å². The molecular weight excluding hydrogens is 443 g/mol. The Balaban J connectivity index is 1.31. The fraction of sp³-hybridized carbons (Fsp3) is 0.360. The molecule has 2 atom stereocenters. The first-order chi connectivity index (χ1) is 15.7. The molecule has 2 aliphatic rings. The van der Waals surface area contributed by atoms with Crippen LogP contribution in [0.1, 0.15) is 42.0 Å². The van der Waals surface area contributed by atoms with Crippen molar-refractivity contribution in [2.75, 3.05) is 19.7 Å². The maximum absolute atomic E-state index is 14.0. The Hall–Kier alpha value is -2.06. The van der Waals surface area contributed by atoms with Gasteiger partial charge in [0.25, 0.3) is 0 Å². The van der Waals surface area contributed by atoms with E-state index in [0.717, 1.165) is 47.8 Å². The molecule has 0 saturated heterocycles. The summed E-state index contributed by atoms with van der Waals surface area (Å²) in [6.45, 7) is 1.85. The van der Waals surface area contributed by atoms with E-state index in [4.69, 9.17) is 4.74 Å². The quantitative estimate of drug-likeness (QED) is 0.461. The van der Waals surface area contributed by atoms with E-state index in [1.165, 1.54) is 28.5 Å². The van der Waals surface area contributed by atoms with Gasteiger partial charge >= 0.3 is 0 Å². The van der Waals surface area contributed by atoms with Gasteiger partial charge in [-0.05, 0) is 78.2 Å². The van der Waals surface area contributed by atoms with Crippen molar-refractivity contribution >= 4 is 22.3 Å². The van der Waals surface area contributed by atoms with Crippen LogP contribution in [0.4, 0.5) is 4.39 Å². The van der Waals surface area contributed by atoms with E-state index in [1.54, 1.807) is 6.07 Å². The van der Waals surface area contributed by atoms with E-state index in [2.05, 4.69) is 28.2 Å². The Morgan fingerprint density at radius 1 is 1.19 bits per heavy atom. The Morgan fingerprint density at radius 3 is 2.84 bits per heavy atom. The lowest BCUT2D eigenvalue weighted by Crippen LogP contribution is -2.49. The van der Waals surface area contributed by atoms with E-state index >= 15 is 0 Å². The smallest absolute Gasteiger partial charge is 0.135 e. The van der Waals surface area contributed by atoms with Crippen LogP contribution in [0.3, 0.4) is 0 Å². The number of rotatable bonds is 8. The number of ether oxygens (including phenoxy) is 1. The molecule has 4 nitrogen and oxygen atoms in total. The van der Waals surface area contributed by atoms with Crippen molar-refractivity contribution in [3.8, 4) is 5.75 Å². The average Bonchev–Trinajstić information content (AvgIpc) is 3.31. The third kappa shape index (κ3) is 4.27. The zero-order valence-electron chi connectivity index (χ0n) is 17.8. The summed E-state index contributed by atoms with van der Waals surface area (Å²) in [7, 11) is -1.20. The van der Waals surface area contributed by atoms with Gasteiger partial charge in [-0.2, -0.15) is 0 Å². The summed E-state index contributed by atoms with van der Waals surface area (Å²) < 4.78 is 36.0. The van der Waals surface area contributed by atoms with Gasteiger partial charge in [0.2, 0.25) is 0 Å². The molecular formula is C25H27FN2O2S2. The first kappa shape index (κ1) is 21.8. The first-order valence-electron chi connectivity index (χ1n) is 11.1. The van der Waals surface area contributed by atoms with Crippen LogP contribution in [-0.2, 0) is 22.8 Å². The number of thiophene rings is 1. The van der Waals surface area contributed by atoms with Gasteiger partial charge in [-0.25, -0.2) is 13.3 Å². The van der Waals surface area contributed by atoms with Gasteiger partial charge in [0.15, 0.2) is 0 Å². The minimum absolute atomic E-state index is 0.0743. The summed E-state index contributed by atoms with van der Waals surface area (Å²) in [5, 5.41) is 5.65. The lowest BCUT2D eigenvalue weighted by atomic mass is 9.58. The maximum atomic E-state index is 14.0. The average molecular weight is 471 g/mol. The summed E-state index contributed by atoms with van der Waals surface area (Å²) >= 11 is 1.48. The minimum Gasteiger partial charge on any atom is -0.492 e. The SMILES string of the molecule is O=S(NCCOc1ccc2c(c1)C(C1(c3cccc(F)c3)CCC1)NCC2)c1cccs1. The highest BCUT2D eigenvalue weighted by molar-refractivity contribution is 7.85. The molecule has 1 aliphatic heterocycles. The van der Waals surface area contributed by atoms with Crippen LogP contribution in [0.2, 0.25) is 0 Å². The molecule has 2 heterocycles. The summed E-state index contributed by atoms with van der Waals surface area (Å²) in [4.78, 5) is 0. The van der Waals surface area contributed by atoms with Crippen molar-refractivity contribution in [1.29, 1.82) is 0 Å². The Morgan fingerprint density at radius 2 is 2.09 bits per heavy atom. The summed E-state index contributed by atoms with van der Waals surface area (Å²) in [6, 6.07) is 17.3. The predicted molar refractivity (Wildman–Crippen MR) is 127 cm³/mol. The van der Waals surface area contributed by atoms with Crippen LogP contribution in [0, 0.1) is 5.82 Å². The van der Waals surface area contributed by atoms with E-state index in [1.807, 2.05) is 29.6 Å². The zero-order valence-corrected chi connectivity index (χ0v) is 19.4. The first-order valence-corrected chi connectivity index (χ1v) is 13.1. The molecule has 0 amide bonds. The fourth-order valence-corrected chi connectivity index (χ4v) is 6.71. The Labute approximate surface area is 194 Å². The topological polar surface area (TPSA) is 50.4 Å². The number of nitrogens with one attached hydrogen (secondary N) is 2. The van der Waals surface area contributed by atoms with Crippen molar-refractivity contribution in [1.82, 2.24) is 10.0 Å². The Kier molecular flexibility index (Phi) is 6.42.